The van der Waals surface area contributed by atoms with Gasteiger partial charge in [-0.15, -0.1) is 11.3 Å². The second-order valence-electron chi connectivity index (χ2n) is 7.67. The normalized spacial score (nSPS) is 16.5. The van der Waals surface area contributed by atoms with Crippen molar-refractivity contribution in [1.82, 2.24) is 4.98 Å². The number of para-hydroxylation sites is 1. The van der Waals surface area contributed by atoms with E-state index >= 15 is 0 Å². The summed E-state index contributed by atoms with van der Waals surface area (Å²) in [7, 11) is 0. The number of hydrogen-bond acceptors (Lipinski definition) is 6. The molecular formula is C26H21N3O3S. The van der Waals surface area contributed by atoms with Crippen LogP contribution < -0.4 is 10.6 Å². The molecule has 0 aliphatic carbocycles. The van der Waals surface area contributed by atoms with Crippen LogP contribution in [-0.2, 0) is 20.9 Å². The summed E-state index contributed by atoms with van der Waals surface area (Å²) in [6.45, 7) is 0.152. The lowest BCUT2D eigenvalue weighted by Crippen LogP contribution is -2.39. The highest BCUT2D eigenvalue weighted by Gasteiger charge is 2.42. The molecule has 1 amide bonds. The highest BCUT2D eigenvalue weighted by molar-refractivity contribution is 7.14. The molecule has 33 heavy (non-hydrogen) atoms. The number of anilines is 2. The number of esters is 1. The molecule has 0 spiro atoms. The van der Waals surface area contributed by atoms with Gasteiger partial charge in [0.1, 0.15) is 18.6 Å². The number of hydrogen-bond donors (Lipinski definition) is 2. The lowest BCUT2D eigenvalue weighted by Gasteiger charge is -2.18. The van der Waals surface area contributed by atoms with E-state index in [1.54, 1.807) is 0 Å². The predicted octanol–water partition coefficient (Wildman–Crippen LogP) is 5.07. The maximum atomic E-state index is 13.2. The fourth-order valence-corrected chi connectivity index (χ4v) is 4.61. The van der Waals surface area contributed by atoms with Crippen molar-refractivity contribution in [1.29, 1.82) is 0 Å². The summed E-state index contributed by atoms with van der Waals surface area (Å²) in [5, 5.41) is 8.43. The van der Waals surface area contributed by atoms with Crippen molar-refractivity contribution in [2.45, 2.75) is 18.6 Å². The summed E-state index contributed by atoms with van der Waals surface area (Å²) in [5.41, 5.74) is 4.16. The third-order valence-electron chi connectivity index (χ3n) is 5.50. The van der Waals surface area contributed by atoms with Crippen molar-refractivity contribution in [3.05, 3.63) is 101 Å². The number of fused-ring (bicyclic) bond motifs is 1. The largest absolute Gasteiger partial charge is 0.460 e. The first kappa shape index (κ1) is 20.9. The molecule has 1 aliphatic rings. The first-order chi connectivity index (χ1) is 16.2. The number of carbonyl (C=O) groups is 2. The smallest absolute Gasteiger partial charge is 0.316 e. The van der Waals surface area contributed by atoms with Crippen molar-refractivity contribution in [3.8, 4) is 11.3 Å². The number of ether oxygens (including phenoxy) is 1. The number of nitrogens with one attached hydrogen (secondary N) is 2. The third kappa shape index (κ3) is 4.49. The highest BCUT2D eigenvalue weighted by Crippen LogP contribution is 2.37. The van der Waals surface area contributed by atoms with Crippen LogP contribution in [0.3, 0.4) is 0 Å². The zero-order chi connectivity index (χ0) is 22.6. The third-order valence-corrected chi connectivity index (χ3v) is 6.26. The minimum absolute atomic E-state index is 0.152. The lowest BCUT2D eigenvalue weighted by atomic mass is 9.94. The van der Waals surface area contributed by atoms with E-state index in [-0.39, 0.29) is 12.5 Å². The van der Waals surface area contributed by atoms with Crippen molar-refractivity contribution in [3.63, 3.8) is 0 Å². The Morgan fingerprint density at radius 2 is 1.64 bits per heavy atom. The van der Waals surface area contributed by atoms with Gasteiger partial charge in [-0.05, 0) is 17.2 Å². The van der Waals surface area contributed by atoms with Crippen LogP contribution in [0.25, 0.3) is 11.3 Å². The summed E-state index contributed by atoms with van der Waals surface area (Å²) < 4.78 is 5.59. The Labute approximate surface area is 195 Å². The van der Waals surface area contributed by atoms with Gasteiger partial charge < -0.3 is 15.4 Å². The van der Waals surface area contributed by atoms with E-state index in [1.165, 1.54) is 11.3 Å². The van der Waals surface area contributed by atoms with Crippen molar-refractivity contribution >= 4 is 34.0 Å². The minimum Gasteiger partial charge on any atom is -0.460 e. The zero-order valence-corrected chi connectivity index (χ0v) is 18.4. The molecule has 0 bridgehead atoms. The van der Waals surface area contributed by atoms with E-state index in [2.05, 4.69) is 15.6 Å². The summed E-state index contributed by atoms with van der Waals surface area (Å²) in [6.07, 6.45) is 0. The van der Waals surface area contributed by atoms with E-state index < -0.39 is 17.9 Å². The van der Waals surface area contributed by atoms with Gasteiger partial charge in [0.25, 0.3) is 0 Å². The van der Waals surface area contributed by atoms with Gasteiger partial charge in [-0.2, -0.15) is 0 Å². The van der Waals surface area contributed by atoms with Crippen LogP contribution in [0.1, 0.15) is 17.0 Å². The van der Waals surface area contributed by atoms with Crippen molar-refractivity contribution in [2.75, 3.05) is 10.6 Å². The average molecular weight is 456 g/mol. The maximum Gasteiger partial charge on any atom is 0.316 e. The van der Waals surface area contributed by atoms with Crippen LogP contribution >= 0.6 is 11.3 Å². The van der Waals surface area contributed by atoms with Gasteiger partial charge in [0.15, 0.2) is 5.13 Å². The molecule has 2 atom stereocenters. The second kappa shape index (κ2) is 9.26. The Bertz CT molecular complexity index is 1270. The Morgan fingerprint density at radius 1 is 0.939 bits per heavy atom. The first-order valence-corrected chi connectivity index (χ1v) is 11.4. The predicted molar refractivity (Wildman–Crippen MR) is 129 cm³/mol. The number of aromatic nitrogens is 1. The first-order valence-electron chi connectivity index (χ1n) is 10.6. The molecule has 4 aromatic rings. The van der Waals surface area contributed by atoms with Gasteiger partial charge in [-0.1, -0.05) is 78.9 Å². The van der Waals surface area contributed by atoms with Gasteiger partial charge in [-0.25, -0.2) is 4.98 Å². The van der Waals surface area contributed by atoms with E-state index in [0.717, 1.165) is 28.1 Å². The Morgan fingerprint density at radius 3 is 2.42 bits per heavy atom. The molecule has 0 radical (unpaired) electrons. The van der Waals surface area contributed by atoms with Gasteiger partial charge in [0.2, 0.25) is 5.91 Å². The molecule has 1 aliphatic heterocycles. The minimum atomic E-state index is -0.797. The SMILES string of the molecule is O=C(OCc1ccccc1)C1c2ccccc2N[C@@H]1C(=O)Nc1nc(-c2ccccc2)cs1. The zero-order valence-electron chi connectivity index (χ0n) is 17.6. The quantitative estimate of drug-likeness (QED) is 0.397. The number of amides is 1. The Kier molecular flexibility index (Phi) is 5.87. The number of carbonyl (C=O) groups excluding carboxylic acids is 2. The van der Waals surface area contributed by atoms with Crippen molar-refractivity contribution < 1.29 is 14.3 Å². The number of benzene rings is 3. The maximum absolute atomic E-state index is 13.2. The molecule has 0 fully saturated rings. The molecule has 2 heterocycles. The summed E-state index contributed by atoms with van der Waals surface area (Å²) >= 11 is 1.35. The molecule has 0 saturated heterocycles. The molecule has 0 saturated carbocycles. The fraction of sp³-hybridized carbons (Fsp3) is 0.115. The molecule has 6 nitrogen and oxygen atoms in total. The number of nitrogens with zero attached hydrogens (tertiary/aromatic N) is 1. The van der Waals surface area contributed by atoms with Crippen LogP contribution in [0, 0.1) is 0 Å². The van der Waals surface area contributed by atoms with Gasteiger partial charge in [0, 0.05) is 16.6 Å². The molecule has 3 aromatic carbocycles. The van der Waals surface area contributed by atoms with Crippen LogP contribution in [0.4, 0.5) is 10.8 Å². The average Bonchev–Trinajstić information content (AvgIpc) is 3.49. The summed E-state index contributed by atoms with van der Waals surface area (Å²) in [6, 6.07) is 25.9. The molecular weight excluding hydrogens is 434 g/mol. The van der Waals surface area contributed by atoms with Crippen molar-refractivity contribution in [2.24, 2.45) is 0 Å². The number of rotatable bonds is 6. The molecule has 5 rings (SSSR count). The Balaban J connectivity index is 1.33. The fourth-order valence-electron chi connectivity index (χ4n) is 3.88. The molecule has 164 valence electrons. The van der Waals surface area contributed by atoms with Gasteiger partial charge in [-0.3, -0.25) is 9.59 Å². The van der Waals surface area contributed by atoms with Gasteiger partial charge in [0.05, 0.1) is 5.69 Å². The molecule has 1 unspecified atom stereocenters. The monoisotopic (exact) mass is 455 g/mol. The van der Waals surface area contributed by atoms with E-state index in [1.807, 2.05) is 90.3 Å². The Hall–Kier alpha value is -3.97. The molecule has 7 heteroatoms. The molecule has 2 N–H and O–H groups in total. The lowest BCUT2D eigenvalue weighted by molar-refractivity contribution is -0.148. The van der Waals surface area contributed by atoms with Crippen LogP contribution in [0.5, 0.6) is 0 Å². The standard InChI is InChI=1S/C26H21N3O3S/c30-24(29-26-28-21(16-33-26)18-11-5-2-6-12-18)23-22(19-13-7-8-14-20(19)27-23)25(31)32-15-17-9-3-1-4-10-17/h1-14,16,22-23,27H,15H2,(H,28,29,30)/t22?,23-/m0/s1. The van der Waals surface area contributed by atoms with Gasteiger partial charge >= 0.3 is 5.97 Å². The van der Waals surface area contributed by atoms with Crippen LogP contribution in [0.15, 0.2) is 90.3 Å². The van der Waals surface area contributed by atoms with E-state index in [0.29, 0.717) is 5.13 Å². The number of thiazole rings is 1. The topological polar surface area (TPSA) is 80.3 Å². The highest BCUT2D eigenvalue weighted by atomic mass is 32.1. The molecule has 1 aromatic heterocycles. The van der Waals surface area contributed by atoms with Crippen LogP contribution in [0.2, 0.25) is 0 Å². The summed E-state index contributed by atoms with van der Waals surface area (Å²) in [4.78, 5) is 30.8. The van der Waals surface area contributed by atoms with E-state index in [9.17, 15) is 9.59 Å². The van der Waals surface area contributed by atoms with Crippen LogP contribution in [-0.4, -0.2) is 22.9 Å². The van der Waals surface area contributed by atoms with E-state index in [4.69, 9.17) is 4.74 Å². The second-order valence-corrected chi connectivity index (χ2v) is 8.53. The summed E-state index contributed by atoms with van der Waals surface area (Å²) in [5.74, 6) is -1.53.